The van der Waals surface area contributed by atoms with Crippen LogP contribution in [-0.2, 0) is 65.9 Å². The molecule has 0 aliphatic heterocycles. The van der Waals surface area contributed by atoms with Crippen molar-refractivity contribution >= 4 is 91.7 Å². The molecule has 4 amide bonds. The van der Waals surface area contributed by atoms with Gasteiger partial charge in [0.25, 0.3) is 0 Å². The van der Waals surface area contributed by atoms with Crippen LogP contribution in [0.1, 0.15) is 76.0 Å². The number of nitrogens with one attached hydrogen (secondary N) is 2. The number of aromatic nitrogens is 6. The fourth-order valence-corrected chi connectivity index (χ4v) is 9.81. The van der Waals surface area contributed by atoms with E-state index in [0.717, 1.165) is 55.9 Å². The lowest BCUT2D eigenvalue weighted by molar-refractivity contribution is -0.141. The molecule has 5 N–H and O–H groups in total. The van der Waals surface area contributed by atoms with Gasteiger partial charge in [0.05, 0.1) is 21.3 Å². The molecule has 510 valence electrons. The first-order chi connectivity index (χ1) is 48.0. The summed E-state index contributed by atoms with van der Waals surface area (Å²) in [5.41, 5.74) is 12.7. The Labute approximate surface area is 569 Å². The highest BCUT2D eigenvalue weighted by Crippen LogP contribution is 2.37. The average molecular weight is 1360 g/mol. The lowest BCUT2D eigenvalue weighted by Gasteiger charge is -2.17. The van der Waals surface area contributed by atoms with Crippen molar-refractivity contribution < 1.29 is 75.5 Å². The van der Waals surface area contributed by atoms with Crippen LogP contribution < -0.4 is 25.8 Å². The number of methoxy groups -OCH3 is 3. The first-order valence-corrected chi connectivity index (χ1v) is 30.3. The molecular weight excluding hydrogens is 1300 g/mol. The monoisotopic (exact) mass is 1360 g/mol. The van der Waals surface area contributed by atoms with Gasteiger partial charge in [-0.1, -0.05) is 97.1 Å². The first-order valence-electron chi connectivity index (χ1n) is 30.3. The number of esters is 3. The minimum absolute atomic E-state index is 0.00846. The molecule has 11 rings (SSSR count). The zero-order valence-electron chi connectivity index (χ0n) is 54.8. The van der Waals surface area contributed by atoms with E-state index in [1.807, 2.05) is 66.7 Å². The maximum Gasteiger partial charge on any atom is 0.360 e. The van der Waals surface area contributed by atoms with Crippen molar-refractivity contribution in [3.63, 3.8) is 0 Å². The van der Waals surface area contributed by atoms with Crippen molar-refractivity contribution in [2.75, 3.05) is 65.9 Å². The zero-order valence-corrected chi connectivity index (χ0v) is 54.8. The van der Waals surface area contributed by atoms with Gasteiger partial charge in [0.15, 0.2) is 34.3 Å². The number of nitrogen functional groups attached to an aromatic ring is 1. The summed E-state index contributed by atoms with van der Waals surface area (Å²) in [6.45, 7) is 0.343. The van der Waals surface area contributed by atoms with Crippen molar-refractivity contribution in [2.24, 2.45) is 0 Å². The molecule has 0 radical (unpaired) electrons. The molecule has 0 fully saturated rings. The van der Waals surface area contributed by atoms with Gasteiger partial charge in [-0.2, -0.15) is 0 Å². The Morgan fingerprint density at radius 2 is 0.760 bits per heavy atom. The third kappa shape index (κ3) is 17.7. The second kappa shape index (κ2) is 32.7. The van der Waals surface area contributed by atoms with Crippen LogP contribution in [0.4, 0.5) is 30.6 Å². The second-order valence-electron chi connectivity index (χ2n) is 22.4. The van der Waals surface area contributed by atoms with Crippen LogP contribution in [0.2, 0.25) is 0 Å². The van der Waals surface area contributed by atoms with Gasteiger partial charge in [-0.25, -0.2) is 42.5 Å². The van der Waals surface area contributed by atoms with E-state index in [9.17, 15) is 51.8 Å². The number of carbonyl (C=O) groups is 7. The number of nitrogens with two attached hydrogens (primary N) is 1. The molecule has 0 aliphatic rings. The Morgan fingerprint density at radius 3 is 1.14 bits per heavy atom. The Bertz CT molecular complexity index is 4860. The molecule has 0 atom stereocenters. The molecule has 0 unspecified atom stereocenters. The van der Waals surface area contributed by atoms with E-state index in [0.29, 0.717) is 41.1 Å². The van der Waals surface area contributed by atoms with Gasteiger partial charge in [0.1, 0.15) is 64.7 Å². The molecule has 0 saturated heterocycles. The molecule has 0 spiro atoms. The van der Waals surface area contributed by atoms with E-state index in [4.69, 9.17) is 24.7 Å². The third-order valence-electron chi connectivity index (χ3n) is 14.8. The van der Waals surface area contributed by atoms with Crippen LogP contribution in [0.15, 0.2) is 170 Å². The van der Waals surface area contributed by atoms with Gasteiger partial charge < -0.3 is 55.0 Å². The van der Waals surface area contributed by atoms with E-state index in [2.05, 4.69) is 45.3 Å². The normalized spacial score (nSPS) is 10.7. The van der Waals surface area contributed by atoms with Crippen molar-refractivity contribution in [2.45, 2.75) is 32.5 Å². The van der Waals surface area contributed by atoms with E-state index in [1.54, 1.807) is 60.9 Å². The Balaban J connectivity index is 0.000000176. The van der Waals surface area contributed by atoms with Crippen LogP contribution in [0.25, 0.3) is 32.7 Å². The van der Waals surface area contributed by atoms with Gasteiger partial charge in [0, 0.05) is 62.9 Å². The van der Waals surface area contributed by atoms with Crippen molar-refractivity contribution in [3.05, 3.63) is 249 Å². The zero-order chi connectivity index (χ0) is 71.7. The number of hydrogen-bond acceptors (Lipinski definition) is 20. The number of fused-ring (bicyclic) bond motifs is 3. The number of likely N-dealkylation sites (N-methyl/N-ethyl adjacent to an activating group) is 2. The number of halogens is 3. The minimum atomic E-state index is -0.982. The van der Waals surface area contributed by atoms with Crippen LogP contribution in [0, 0.1) is 17.5 Å². The molecule has 0 bridgehead atoms. The number of rotatable bonds is 17. The standard InChI is InChI=1S/C28H25FN4O5.C24H20FN3O3.C21H19FN4O5/c1-33(2)27(35)26(34)32-25-21-14-19(13-17-9-11-20(29)12-10-17)15-30-22(21)24(23(31-25)28(36)37-3)38-16-18-7-5-4-6-8-18;1-30-24(29)21-22(31-14-16-5-3-2-4-6-16)20-19(23(26)28-21)12-17(13-27-20)11-15-7-9-18(25)10-8-15;1-26(2)20(29)19(28)25-18-14-9-12(8-11-4-6-13(22)7-5-11)10-23-15(14)17(27)16(24-18)21(30)31-3/h4-12,14-15H,13,16H2,1-3H3,(H,31,32,34);2-10,12-13H,11,14H2,1H3,(H2,26,28);4-7,9-10,27H,8H2,1-3H3,(H,24,25,28). The molecule has 6 heterocycles. The quantitative estimate of drug-likeness (QED) is 0.0374. The highest BCUT2D eigenvalue weighted by atomic mass is 19.1. The summed E-state index contributed by atoms with van der Waals surface area (Å²) in [5, 5.41) is 16.4. The number of amides is 4. The molecular formula is C73H64F3N11O13. The molecule has 0 aliphatic carbocycles. The fourth-order valence-electron chi connectivity index (χ4n) is 9.81. The smallest absolute Gasteiger partial charge is 0.360 e. The number of nitrogens with zero attached hydrogens (tertiary/aromatic N) is 8. The number of aromatic hydroxyl groups is 1. The lowest BCUT2D eigenvalue weighted by atomic mass is 10.0. The summed E-state index contributed by atoms with van der Waals surface area (Å²) in [7, 11) is 9.28. The summed E-state index contributed by atoms with van der Waals surface area (Å²) in [5.74, 6) is -7.24. The summed E-state index contributed by atoms with van der Waals surface area (Å²) in [6.07, 6.45) is 6.09. The van der Waals surface area contributed by atoms with E-state index in [-0.39, 0.29) is 87.4 Å². The van der Waals surface area contributed by atoms with Gasteiger partial charge >= 0.3 is 41.5 Å². The molecule has 100 heavy (non-hydrogen) atoms. The third-order valence-corrected chi connectivity index (χ3v) is 14.8. The number of hydrogen-bond donors (Lipinski definition) is 4. The maximum atomic E-state index is 13.4. The highest BCUT2D eigenvalue weighted by Gasteiger charge is 2.28. The predicted octanol–water partition coefficient (Wildman–Crippen LogP) is 9.94. The molecule has 11 aromatic rings. The maximum absolute atomic E-state index is 13.4. The minimum Gasteiger partial charge on any atom is -0.504 e. The number of anilines is 3. The van der Waals surface area contributed by atoms with Crippen LogP contribution in [0.3, 0.4) is 0 Å². The summed E-state index contributed by atoms with van der Waals surface area (Å²) in [4.78, 5) is 114. The van der Waals surface area contributed by atoms with Gasteiger partial charge in [0.2, 0.25) is 0 Å². The summed E-state index contributed by atoms with van der Waals surface area (Å²) in [6, 6.07) is 42.3. The molecule has 24 nitrogen and oxygen atoms in total. The van der Waals surface area contributed by atoms with E-state index >= 15 is 0 Å². The van der Waals surface area contributed by atoms with Crippen molar-refractivity contribution in [1.82, 2.24) is 39.7 Å². The number of pyridine rings is 6. The van der Waals surface area contributed by atoms with Gasteiger partial charge in [-0.15, -0.1) is 0 Å². The Kier molecular flexibility index (Phi) is 23.3. The fraction of sp³-hybridized carbons (Fsp3) is 0.164. The SMILES string of the molecule is COC(=O)c1nc(N)c2cc(Cc3ccc(F)cc3)cnc2c1OCc1ccccc1.COC(=O)c1nc(NC(=O)C(=O)N(C)C)c2cc(Cc3ccc(F)cc3)cnc2c1O.COC(=O)c1nc(NC(=O)C(=O)N(C)C)c2cc(Cc3ccc(F)cc3)cnc2c1OCc1ccccc1. The van der Waals surface area contributed by atoms with Crippen LogP contribution in [0.5, 0.6) is 17.2 Å². The lowest BCUT2D eigenvalue weighted by Crippen LogP contribution is -2.34. The van der Waals surface area contributed by atoms with Crippen molar-refractivity contribution in [1.29, 1.82) is 0 Å². The first kappa shape index (κ1) is 71.4. The van der Waals surface area contributed by atoms with Crippen molar-refractivity contribution in [3.8, 4) is 17.2 Å². The van der Waals surface area contributed by atoms with E-state index in [1.165, 1.54) is 85.0 Å². The number of ether oxygens (including phenoxy) is 5. The molecule has 6 aromatic heterocycles. The topological polar surface area (TPSA) is 320 Å². The number of benzene rings is 5. The van der Waals surface area contributed by atoms with Crippen LogP contribution >= 0.6 is 0 Å². The van der Waals surface area contributed by atoms with Crippen LogP contribution in [-0.4, -0.2) is 136 Å². The average Bonchev–Trinajstić information content (AvgIpc) is 0.783. The Hall–Kier alpha value is -12.9. The molecule has 0 saturated carbocycles. The summed E-state index contributed by atoms with van der Waals surface area (Å²) >= 11 is 0. The number of carbonyl (C=O) groups excluding carboxylic acids is 7. The predicted molar refractivity (Wildman–Crippen MR) is 363 cm³/mol. The Morgan fingerprint density at radius 1 is 0.430 bits per heavy atom. The van der Waals surface area contributed by atoms with Gasteiger partial charge in [-0.05, 0) is 118 Å². The molecule has 27 heteroatoms. The second-order valence-corrected chi connectivity index (χ2v) is 22.4. The molecule has 5 aromatic carbocycles. The largest absolute Gasteiger partial charge is 0.504 e. The summed E-state index contributed by atoms with van der Waals surface area (Å²) < 4.78 is 66.0. The highest BCUT2D eigenvalue weighted by molar-refractivity contribution is 6.40. The van der Waals surface area contributed by atoms with E-state index < -0.39 is 53.0 Å². The van der Waals surface area contributed by atoms with Gasteiger partial charge in [-0.3, -0.25) is 34.1 Å².